The number of hydrogen-bond acceptors (Lipinski definition) is 3. The standard InChI is InChI=1S/C26H24N2O2S/c1-16-8-7-11-22(17(16)2)30-21-14-12-19(13-15-21)24-23(18(3)27-26(31)28-24)25(29)20-9-5-4-6-10-20/h4-15,24H,1-3H3,(H2,27,28,31). The summed E-state index contributed by atoms with van der Waals surface area (Å²) in [5.41, 5.74) is 5.31. The van der Waals surface area contributed by atoms with Crippen LogP contribution >= 0.6 is 12.2 Å². The summed E-state index contributed by atoms with van der Waals surface area (Å²) >= 11 is 5.36. The van der Waals surface area contributed by atoms with Crippen molar-refractivity contribution in [3.63, 3.8) is 0 Å². The van der Waals surface area contributed by atoms with E-state index in [9.17, 15) is 4.79 Å². The first-order valence-electron chi connectivity index (χ1n) is 10.2. The number of Topliss-reactive ketones (excluding diaryl/α,β-unsaturated/α-hetero) is 1. The van der Waals surface area contributed by atoms with E-state index in [1.807, 2.05) is 80.6 Å². The molecule has 1 heterocycles. The van der Waals surface area contributed by atoms with Crippen LogP contribution in [0.25, 0.3) is 0 Å². The minimum Gasteiger partial charge on any atom is -0.457 e. The molecule has 0 fully saturated rings. The van der Waals surface area contributed by atoms with Crippen molar-refractivity contribution in [1.82, 2.24) is 10.6 Å². The van der Waals surface area contributed by atoms with Crippen molar-refractivity contribution >= 4 is 23.1 Å². The van der Waals surface area contributed by atoms with Gasteiger partial charge in [-0.05, 0) is 67.9 Å². The van der Waals surface area contributed by atoms with Crippen LogP contribution in [0.1, 0.15) is 40.0 Å². The van der Waals surface area contributed by atoms with Crippen LogP contribution in [0.4, 0.5) is 0 Å². The molecule has 1 aliphatic heterocycles. The van der Waals surface area contributed by atoms with Crippen LogP contribution in [-0.4, -0.2) is 10.9 Å². The molecule has 1 atom stereocenters. The molecule has 3 aromatic carbocycles. The summed E-state index contributed by atoms with van der Waals surface area (Å²) in [6.45, 7) is 6.00. The molecule has 1 aliphatic rings. The Morgan fingerprint density at radius 2 is 1.61 bits per heavy atom. The molecule has 0 saturated carbocycles. The third-order valence-electron chi connectivity index (χ3n) is 5.55. The third kappa shape index (κ3) is 4.37. The average molecular weight is 429 g/mol. The maximum atomic E-state index is 13.3. The molecule has 4 rings (SSSR count). The van der Waals surface area contributed by atoms with Crippen LogP contribution in [0, 0.1) is 13.8 Å². The van der Waals surface area contributed by atoms with Crippen LogP contribution in [0.3, 0.4) is 0 Å². The smallest absolute Gasteiger partial charge is 0.193 e. The predicted octanol–water partition coefficient (Wildman–Crippen LogP) is 5.77. The zero-order chi connectivity index (χ0) is 22.0. The number of hydrogen-bond donors (Lipinski definition) is 2. The molecule has 156 valence electrons. The van der Waals surface area contributed by atoms with Crippen molar-refractivity contribution < 1.29 is 9.53 Å². The van der Waals surface area contributed by atoms with E-state index in [1.165, 1.54) is 5.56 Å². The van der Waals surface area contributed by atoms with Crippen LogP contribution in [0.15, 0.2) is 84.1 Å². The number of carbonyl (C=O) groups is 1. The van der Waals surface area contributed by atoms with Gasteiger partial charge in [0.15, 0.2) is 10.9 Å². The van der Waals surface area contributed by atoms with Gasteiger partial charge in [-0.3, -0.25) is 4.79 Å². The number of aryl methyl sites for hydroxylation is 1. The van der Waals surface area contributed by atoms with Crippen molar-refractivity contribution in [2.75, 3.05) is 0 Å². The van der Waals surface area contributed by atoms with Crippen LogP contribution in [0.5, 0.6) is 11.5 Å². The summed E-state index contributed by atoms with van der Waals surface area (Å²) in [6.07, 6.45) is 0. The maximum absolute atomic E-state index is 13.3. The number of ketones is 1. The largest absolute Gasteiger partial charge is 0.457 e. The van der Waals surface area contributed by atoms with Gasteiger partial charge in [0.1, 0.15) is 11.5 Å². The number of rotatable bonds is 5. The van der Waals surface area contributed by atoms with Crippen LogP contribution in [-0.2, 0) is 0 Å². The highest BCUT2D eigenvalue weighted by molar-refractivity contribution is 7.80. The maximum Gasteiger partial charge on any atom is 0.193 e. The summed E-state index contributed by atoms with van der Waals surface area (Å²) in [6, 6.07) is 22.7. The fourth-order valence-corrected chi connectivity index (χ4v) is 3.95. The fraction of sp³-hybridized carbons (Fsp3) is 0.154. The summed E-state index contributed by atoms with van der Waals surface area (Å²) in [5.74, 6) is 1.55. The highest BCUT2D eigenvalue weighted by Crippen LogP contribution is 2.32. The first-order chi connectivity index (χ1) is 14.9. The molecule has 31 heavy (non-hydrogen) atoms. The fourth-order valence-electron chi connectivity index (χ4n) is 3.68. The summed E-state index contributed by atoms with van der Waals surface area (Å²) in [5, 5.41) is 6.84. The number of allylic oxidation sites excluding steroid dienone is 1. The topological polar surface area (TPSA) is 50.4 Å². The molecule has 4 nitrogen and oxygen atoms in total. The van der Waals surface area contributed by atoms with Crippen LogP contribution in [0.2, 0.25) is 0 Å². The Balaban J connectivity index is 1.64. The lowest BCUT2D eigenvalue weighted by Crippen LogP contribution is -2.44. The monoisotopic (exact) mass is 428 g/mol. The molecule has 1 unspecified atom stereocenters. The number of thiocarbonyl (C=S) groups is 1. The van der Waals surface area contributed by atoms with E-state index >= 15 is 0 Å². The van der Waals surface area contributed by atoms with Gasteiger partial charge in [-0.1, -0.05) is 54.6 Å². The SMILES string of the molecule is CC1=C(C(=O)c2ccccc2)C(c2ccc(Oc3cccc(C)c3C)cc2)NC(=S)N1. The highest BCUT2D eigenvalue weighted by Gasteiger charge is 2.30. The average Bonchev–Trinajstić information content (AvgIpc) is 2.77. The molecular formula is C26H24N2O2S. The predicted molar refractivity (Wildman–Crippen MR) is 128 cm³/mol. The lowest BCUT2D eigenvalue weighted by molar-refractivity contribution is 0.102. The molecule has 0 bridgehead atoms. The first kappa shape index (κ1) is 20.8. The molecule has 0 aliphatic carbocycles. The van der Waals surface area contributed by atoms with Gasteiger partial charge in [-0.25, -0.2) is 0 Å². The Hall–Kier alpha value is -3.44. The van der Waals surface area contributed by atoms with Gasteiger partial charge in [0, 0.05) is 16.8 Å². The van der Waals surface area contributed by atoms with Gasteiger partial charge in [0.2, 0.25) is 0 Å². The minimum absolute atomic E-state index is 0.0266. The van der Waals surface area contributed by atoms with E-state index in [0.717, 1.165) is 28.3 Å². The van der Waals surface area contributed by atoms with E-state index in [0.29, 0.717) is 16.2 Å². The summed E-state index contributed by atoms with van der Waals surface area (Å²) < 4.78 is 6.08. The Labute approximate surface area is 188 Å². The van der Waals surface area contributed by atoms with E-state index in [4.69, 9.17) is 17.0 Å². The molecule has 2 N–H and O–H groups in total. The summed E-state index contributed by atoms with van der Waals surface area (Å²) in [7, 11) is 0. The van der Waals surface area contributed by atoms with E-state index in [-0.39, 0.29) is 11.8 Å². The van der Waals surface area contributed by atoms with Gasteiger partial charge in [-0.15, -0.1) is 0 Å². The zero-order valence-electron chi connectivity index (χ0n) is 17.7. The quantitative estimate of drug-likeness (QED) is 0.399. The Morgan fingerprint density at radius 1 is 0.903 bits per heavy atom. The number of nitrogens with one attached hydrogen (secondary N) is 2. The lowest BCUT2D eigenvalue weighted by atomic mass is 9.89. The van der Waals surface area contributed by atoms with E-state index < -0.39 is 0 Å². The van der Waals surface area contributed by atoms with Crippen LogP contribution < -0.4 is 15.4 Å². The minimum atomic E-state index is -0.337. The zero-order valence-corrected chi connectivity index (χ0v) is 18.5. The Bertz CT molecular complexity index is 1170. The Kier molecular flexibility index (Phi) is 5.87. The van der Waals surface area contributed by atoms with Gasteiger partial charge in [0.25, 0.3) is 0 Å². The molecular weight excluding hydrogens is 404 g/mol. The second-order valence-electron chi connectivity index (χ2n) is 7.63. The highest BCUT2D eigenvalue weighted by atomic mass is 32.1. The molecule has 5 heteroatoms. The molecule has 0 aromatic heterocycles. The van der Waals surface area contributed by atoms with Gasteiger partial charge in [0.05, 0.1) is 6.04 Å². The van der Waals surface area contributed by atoms with Crippen molar-refractivity contribution in [2.45, 2.75) is 26.8 Å². The molecule has 0 saturated heterocycles. The Morgan fingerprint density at radius 3 is 2.32 bits per heavy atom. The van der Waals surface area contributed by atoms with Gasteiger partial charge >= 0.3 is 0 Å². The molecule has 3 aromatic rings. The molecule has 0 radical (unpaired) electrons. The third-order valence-corrected chi connectivity index (χ3v) is 5.77. The van der Waals surface area contributed by atoms with E-state index in [1.54, 1.807) is 0 Å². The van der Waals surface area contributed by atoms with Gasteiger partial charge < -0.3 is 15.4 Å². The number of ether oxygens (including phenoxy) is 1. The first-order valence-corrected chi connectivity index (χ1v) is 10.6. The summed E-state index contributed by atoms with van der Waals surface area (Å²) in [4.78, 5) is 13.3. The number of carbonyl (C=O) groups excluding carboxylic acids is 1. The van der Waals surface area contributed by atoms with Crippen molar-refractivity contribution in [1.29, 1.82) is 0 Å². The van der Waals surface area contributed by atoms with E-state index in [2.05, 4.69) is 23.6 Å². The molecule has 0 spiro atoms. The lowest BCUT2D eigenvalue weighted by Gasteiger charge is -2.30. The molecule has 0 amide bonds. The second kappa shape index (κ2) is 8.74. The van der Waals surface area contributed by atoms with Crippen molar-refractivity contribution in [2.24, 2.45) is 0 Å². The van der Waals surface area contributed by atoms with Crippen molar-refractivity contribution in [3.8, 4) is 11.5 Å². The number of benzene rings is 3. The van der Waals surface area contributed by atoms with Gasteiger partial charge in [-0.2, -0.15) is 0 Å². The normalized spacial score (nSPS) is 15.8. The van der Waals surface area contributed by atoms with Crippen molar-refractivity contribution in [3.05, 3.63) is 106 Å². The second-order valence-corrected chi connectivity index (χ2v) is 8.04.